The van der Waals surface area contributed by atoms with E-state index in [-0.39, 0.29) is 16.4 Å². The first-order valence-corrected chi connectivity index (χ1v) is 7.14. The third-order valence-electron chi connectivity index (χ3n) is 2.55. The molecule has 7 heteroatoms. The predicted octanol–water partition coefficient (Wildman–Crippen LogP) is 3.48. The molecule has 20 heavy (non-hydrogen) atoms. The van der Waals surface area contributed by atoms with Gasteiger partial charge in [-0.3, -0.25) is 4.79 Å². The number of carboxylic acid groups (broad SMARTS) is 1. The van der Waals surface area contributed by atoms with Gasteiger partial charge in [-0.15, -0.1) is 11.3 Å². The second-order valence-corrected chi connectivity index (χ2v) is 5.76. The molecule has 0 aliphatic rings. The minimum atomic E-state index is -1.20. The number of carbonyl (C=O) groups excluding carboxylic acids is 1. The Hall–Kier alpha value is -1.73. The third kappa shape index (κ3) is 2.73. The van der Waals surface area contributed by atoms with Crippen LogP contribution in [0.1, 0.15) is 27.1 Å². The number of carboxylic acids is 1. The van der Waals surface area contributed by atoms with Crippen LogP contribution in [0.25, 0.3) is 10.6 Å². The number of ketones is 1. The molecule has 1 N–H and O–H groups in total. The number of hydrogen-bond donors (Lipinski definition) is 1. The molecular formula is C13H10BrNO4S. The maximum Gasteiger partial charge on any atom is 0.356 e. The molecule has 1 aromatic heterocycles. The molecule has 0 saturated heterocycles. The normalized spacial score (nSPS) is 10.3. The molecule has 5 nitrogen and oxygen atoms in total. The molecule has 0 atom stereocenters. The molecule has 0 unspecified atom stereocenters. The van der Waals surface area contributed by atoms with Crippen molar-refractivity contribution in [3.63, 3.8) is 0 Å². The fraction of sp³-hybridized carbons (Fsp3) is 0.154. The van der Waals surface area contributed by atoms with Crippen LogP contribution in [-0.2, 0) is 0 Å². The van der Waals surface area contributed by atoms with Crippen molar-refractivity contribution in [1.82, 2.24) is 4.98 Å². The number of carbonyl (C=O) groups is 2. The summed E-state index contributed by atoms with van der Waals surface area (Å²) in [6.07, 6.45) is 0. The van der Waals surface area contributed by atoms with Crippen LogP contribution >= 0.6 is 27.3 Å². The third-order valence-corrected chi connectivity index (χ3v) is 4.37. The van der Waals surface area contributed by atoms with Gasteiger partial charge in [0.15, 0.2) is 11.5 Å². The van der Waals surface area contributed by atoms with E-state index in [0.29, 0.717) is 10.8 Å². The molecule has 0 saturated carbocycles. The van der Waals surface area contributed by atoms with Crippen molar-refractivity contribution in [3.8, 4) is 16.3 Å². The highest BCUT2D eigenvalue weighted by atomic mass is 79.9. The van der Waals surface area contributed by atoms with Crippen molar-refractivity contribution in [2.45, 2.75) is 6.92 Å². The van der Waals surface area contributed by atoms with Crippen molar-refractivity contribution in [2.75, 3.05) is 7.11 Å². The topological polar surface area (TPSA) is 76.5 Å². The van der Waals surface area contributed by atoms with Gasteiger partial charge in [-0.2, -0.15) is 0 Å². The molecule has 0 radical (unpaired) electrons. The van der Waals surface area contributed by atoms with Crippen molar-refractivity contribution in [2.24, 2.45) is 0 Å². The van der Waals surface area contributed by atoms with Gasteiger partial charge in [-0.25, -0.2) is 9.78 Å². The van der Waals surface area contributed by atoms with E-state index in [1.165, 1.54) is 6.92 Å². The molecule has 2 aromatic rings. The quantitative estimate of drug-likeness (QED) is 0.849. The van der Waals surface area contributed by atoms with Crippen LogP contribution in [0.3, 0.4) is 0 Å². The smallest absolute Gasteiger partial charge is 0.356 e. The van der Waals surface area contributed by atoms with Crippen LogP contribution in [-0.4, -0.2) is 29.0 Å². The van der Waals surface area contributed by atoms with E-state index >= 15 is 0 Å². The number of thiazole rings is 1. The molecule has 0 bridgehead atoms. The van der Waals surface area contributed by atoms with Crippen LogP contribution in [0.15, 0.2) is 22.7 Å². The van der Waals surface area contributed by atoms with Crippen LogP contribution < -0.4 is 4.74 Å². The molecule has 0 aliphatic carbocycles. The lowest BCUT2D eigenvalue weighted by Crippen LogP contribution is -2.03. The number of aromatic carboxylic acids is 1. The molecule has 2 rings (SSSR count). The zero-order chi connectivity index (χ0) is 14.9. The Morgan fingerprint density at radius 2 is 2.10 bits per heavy atom. The van der Waals surface area contributed by atoms with Crippen LogP contribution in [0.4, 0.5) is 0 Å². The van der Waals surface area contributed by atoms with E-state index in [1.54, 1.807) is 25.3 Å². The SMILES string of the molecule is COc1ccc(-c2nc(C(=O)O)c(C(C)=O)s2)cc1Br. The number of benzene rings is 1. The Morgan fingerprint density at radius 3 is 2.55 bits per heavy atom. The largest absolute Gasteiger partial charge is 0.496 e. The summed E-state index contributed by atoms with van der Waals surface area (Å²) in [5, 5.41) is 9.56. The lowest BCUT2D eigenvalue weighted by molar-refractivity contribution is 0.0687. The molecule has 1 heterocycles. The fourth-order valence-corrected chi connectivity index (χ4v) is 3.12. The van der Waals surface area contributed by atoms with Crippen molar-refractivity contribution < 1.29 is 19.4 Å². The highest BCUT2D eigenvalue weighted by Crippen LogP contribution is 2.33. The second-order valence-electron chi connectivity index (χ2n) is 3.91. The first-order valence-electron chi connectivity index (χ1n) is 5.53. The Balaban J connectivity index is 2.53. The standard InChI is InChI=1S/C13H10BrNO4S/c1-6(16)11-10(13(17)18)15-12(20-11)7-3-4-9(19-2)8(14)5-7/h3-5H,1-2H3,(H,17,18). The highest BCUT2D eigenvalue weighted by molar-refractivity contribution is 9.10. The number of hydrogen-bond acceptors (Lipinski definition) is 5. The average Bonchev–Trinajstić information content (AvgIpc) is 2.84. The van der Waals surface area contributed by atoms with Crippen molar-refractivity contribution in [3.05, 3.63) is 33.2 Å². The van der Waals surface area contributed by atoms with E-state index < -0.39 is 5.97 Å². The summed E-state index contributed by atoms with van der Waals surface area (Å²) in [7, 11) is 1.56. The Morgan fingerprint density at radius 1 is 1.40 bits per heavy atom. The fourth-order valence-electron chi connectivity index (χ4n) is 1.63. The molecule has 0 amide bonds. The number of Topliss-reactive ketones (excluding diaryl/α,β-unsaturated/α-hetero) is 1. The van der Waals surface area contributed by atoms with Crippen molar-refractivity contribution in [1.29, 1.82) is 0 Å². The van der Waals surface area contributed by atoms with Gasteiger partial charge in [0.05, 0.1) is 11.6 Å². The molecule has 104 valence electrons. The maximum absolute atomic E-state index is 11.5. The number of nitrogens with zero attached hydrogens (tertiary/aromatic N) is 1. The Labute approximate surface area is 127 Å². The van der Waals surface area contributed by atoms with Gasteiger partial charge in [-0.05, 0) is 34.1 Å². The average molecular weight is 356 g/mol. The monoisotopic (exact) mass is 355 g/mol. The molecule has 0 fully saturated rings. The summed E-state index contributed by atoms with van der Waals surface area (Å²) < 4.78 is 5.86. The first-order chi connectivity index (χ1) is 9.43. The number of rotatable bonds is 4. The number of ether oxygens (including phenoxy) is 1. The second kappa shape index (κ2) is 5.72. The first kappa shape index (κ1) is 14.7. The lowest BCUT2D eigenvalue weighted by Gasteiger charge is -2.04. The summed E-state index contributed by atoms with van der Waals surface area (Å²) in [4.78, 5) is 26.7. The zero-order valence-electron chi connectivity index (χ0n) is 10.6. The number of aromatic nitrogens is 1. The van der Waals surface area contributed by atoms with Gasteiger partial charge in [-0.1, -0.05) is 0 Å². The Bertz CT molecular complexity index is 664. The van der Waals surface area contributed by atoms with Crippen LogP contribution in [0.5, 0.6) is 5.75 Å². The highest BCUT2D eigenvalue weighted by Gasteiger charge is 2.21. The van der Waals surface area contributed by atoms with Crippen LogP contribution in [0.2, 0.25) is 0 Å². The molecular weight excluding hydrogens is 346 g/mol. The van der Waals surface area contributed by atoms with E-state index in [0.717, 1.165) is 21.4 Å². The van der Waals surface area contributed by atoms with E-state index in [9.17, 15) is 9.59 Å². The minimum absolute atomic E-state index is 0.152. The van der Waals surface area contributed by atoms with Gasteiger partial charge in [0.1, 0.15) is 15.6 Å². The van der Waals surface area contributed by atoms with Gasteiger partial charge in [0.25, 0.3) is 0 Å². The van der Waals surface area contributed by atoms with Gasteiger partial charge < -0.3 is 9.84 Å². The van der Waals surface area contributed by atoms with E-state index in [1.807, 2.05) is 0 Å². The van der Waals surface area contributed by atoms with Gasteiger partial charge in [0.2, 0.25) is 0 Å². The summed E-state index contributed by atoms with van der Waals surface area (Å²) in [6.45, 7) is 1.33. The summed E-state index contributed by atoms with van der Waals surface area (Å²) >= 11 is 4.42. The zero-order valence-corrected chi connectivity index (χ0v) is 13.0. The molecule has 0 spiro atoms. The predicted molar refractivity (Wildman–Crippen MR) is 78.8 cm³/mol. The van der Waals surface area contributed by atoms with Crippen molar-refractivity contribution >= 4 is 39.0 Å². The van der Waals surface area contributed by atoms with E-state index in [4.69, 9.17) is 9.84 Å². The molecule has 1 aromatic carbocycles. The lowest BCUT2D eigenvalue weighted by atomic mass is 10.2. The van der Waals surface area contributed by atoms with E-state index in [2.05, 4.69) is 20.9 Å². The van der Waals surface area contributed by atoms with Gasteiger partial charge >= 0.3 is 5.97 Å². The summed E-state index contributed by atoms with van der Waals surface area (Å²) in [6, 6.07) is 5.28. The minimum Gasteiger partial charge on any atom is -0.496 e. The molecule has 0 aliphatic heterocycles. The van der Waals surface area contributed by atoms with Gasteiger partial charge in [0, 0.05) is 12.5 Å². The number of methoxy groups -OCH3 is 1. The summed E-state index contributed by atoms with van der Waals surface area (Å²) in [5.74, 6) is -0.848. The van der Waals surface area contributed by atoms with Crippen LogP contribution in [0, 0.1) is 0 Å². The maximum atomic E-state index is 11.5. The number of halogens is 1. The summed E-state index contributed by atoms with van der Waals surface area (Å²) in [5.41, 5.74) is 0.516. The Kier molecular flexibility index (Phi) is 4.20.